The molecule has 4 aromatic rings. The van der Waals surface area contributed by atoms with Gasteiger partial charge in [-0.3, -0.25) is 0 Å². The Morgan fingerprint density at radius 3 is 2.93 bits per heavy atom. The van der Waals surface area contributed by atoms with Gasteiger partial charge in [-0.25, -0.2) is 19.6 Å². The summed E-state index contributed by atoms with van der Waals surface area (Å²) < 4.78 is 12.7. The predicted molar refractivity (Wildman–Crippen MR) is 96.7 cm³/mol. The van der Waals surface area contributed by atoms with Gasteiger partial charge in [0.2, 0.25) is 5.88 Å². The summed E-state index contributed by atoms with van der Waals surface area (Å²) in [4.78, 5) is 12.3. The lowest BCUT2D eigenvalue weighted by Gasteiger charge is -2.05. The maximum Gasteiger partial charge on any atom is 0.213 e. The maximum atomic E-state index is 5.87. The van der Waals surface area contributed by atoms with Crippen molar-refractivity contribution in [3.05, 3.63) is 66.6 Å². The minimum atomic E-state index is 0.411. The van der Waals surface area contributed by atoms with Crippen LogP contribution in [0.2, 0.25) is 0 Å². The second kappa shape index (κ2) is 7.65. The average molecular weight is 363 g/mol. The summed E-state index contributed by atoms with van der Waals surface area (Å²) in [6.07, 6.45) is 7.13. The summed E-state index contributed by atoms with van der Waals surface area (Å²) in [6, 6.07) is 9.29. The summed E-state index contributed by atoms with van der Waals surface area (Å²) in [5.41, 5.74) is 8.38. The number of nitrogens with zero attached hydrogens (tertiary/aromatic N) is 6. The van der Waals surface area contributed by atoms with Crippen LogP contribution in [0.25, 0.3) is 11.3 Å². The molecule has 4 rings (SSSR count). The lowest BCUT2D eigenvalue weighted by molar-refractivity contribution is 0.280. The standard InChI is InChI=1S/C18H17N7O2/c19-18-15(2-1-5-21-18)16-9-14(24-27-16)8-13-3-4-17(22-10-13)26-7-6-25-12-20-11-23-25/h1-5,9-12H,6-8H2,(H2,19,21). The molecule has 0 spiro atoms. The Balaban J connectivity index is 1.35. The molecule has 0 fully saturated rings. The number of nitrogens with two attached hydrogens (primary N) is 1. The molecule has 0 aromatic carbocycles. The lowest BCUT2D eigenvalue weighted by Crippen LogP contribution is -2.09. The van der Waals surface area contributed by atoms with Gasteiger partial charge < -0.3 is 15.0 Å². The number of pyridine rings is 2. The number of aromatic nitrogens is 6. The van der Waals surface area contributed by atoms with Crippen LogP contribution in [0.4, 0.5) is 5.82 Å². The van der Waals surface area contributed by atoms with E-state index in [0.29, 0.717) is 37.0 Å². The first-order valence-electron chi connectivity index (χ1n) is 8.34. The number of anilines is 1. The van der Waals surface area contributed by atoms with E-state index in [1.165, 1.54) is 6.33 Å². The molecule has 0 amide bonds. The molecular formula is C18H17N7O2. The van der Waals surface area contributed by atoms with E-state index >= 15 is 0 Å². The van der Waals surface area contributed by atoms with Gasteiger partial charge in [0.05, 0.1) is 17.8 Å². The molecule has 0 aliphatic heterocycles. The number of ether oxygens (including phenoxy) is 1. The molecule has 0 atom stereocenters. The maximum absolute atomic E-state index is 5.87. The minimum Gasteiger partial charge on any atom is -0.476 e. The zero-order valence-corrected chi connectivity index (χ0v) is 14.4. The molecule has 0 bridgehead atoms. The third kappa shape index (κ3) is 4.09. The van der Waals surface area contributed by atoms with Crippen molar-refractivity contribution < 1.29 is 9.26 Å². The van der Waals surface area contributed by atoms with Crippen molar-refractivity contribution in [1.82, 2.24) is 29.9 Å². The molecule has 0 radical (unpaired) electrons. The van der Waals surface area contributed by atoms with Crippen LogP contribution in [-0.2, 0) is 13.0 Å². The van der Waals surface area contributed by atoms with Gasteiger partial charge in [-0.05, 0) is 17.7 Å². The summed E-state index contributed by atoms with van der Waals surface area (Å²) in [5.74, 6) is 1.56. The van der Waals surface area contributed by atoms with Crippen molar-refractivity contribution in [3.8, 4) is 17.2 Å². The summed E-state index contributed by atoms with van der Waals surface area (Å²) >= 11 is 0. The van der Waals surface area contributed by atoms with Gasteiger partial charge in [-0.2, -0.15) is 5.10 Å². The minimum absolute atomic E-state index is 0.411. The van der Waals surface area contributed by atoms with Crippen molar-refractivity contribution in [3.63, 3.8) is 0 Å². The number of hydrogen-bond acceptors (Lipinski definition) is 8. The highest BCUT2D eigenvalue weighted by atomic mass is 16.5. The second-order valence-corrected chi connectivity index (χ2v) is 5.81. The topological polar surface area (TPSA) is 118 Å². The molecule has 0 aliphatic carbocycles. The lowest BCUT2D eigenvalue weighted by atomic mass is 10.1. The molecule has 27 heavy (non-hydrogen) atoms. The zero-order valence-electron chi connectivity index (χ0n) is 14.4. The monoisotopic (exact) mass is 363 g/mol. The number of nitrogen functional groups attached to an aromatic ring is 1. The van der Waals surface area contributed by atoms with Crippen LogP contribution in [0.5, 0.6) is 5.88 Å². The molecule has 9 heteroatoms. The first-order chi connectivity index (χ1) is 13.3. The largest absolute Gasteiger partial charge is 0.476 e. The molecule has 2 N–H and O–H groups in total. The molecule has 136 valence electrons. The summed E-state index contributed by atoms with van der Waals surface area (Å²) in [7, 11) is 0. The third-order valence-electron chi connectivity index (χ3n) is 3.88. The summed E-state index contributed by atoms with van der Waals surface area (Å²) in [6.45, 7) is 1.08. The van der Waals surface area contributed by atoms with Crippen molar-refractivity contribution in [2.24, 2.45) is 0 Å². The van der Waals surface area contributed by atoms with Gasteiger partial charge in [-0.1, -0.05) is 11.2 Å². The van der Waals surface area contributed by atoms with Crippen LogP contribution in [0, 0.1) is 0 Å². The fourth-order valence-electron chi connectivity index (χ4n) is 2.55. The van der Waals surface area contributed by atoms with Crippen LogP contribution in [0.15, 0.2) is 59.9 Å². The fourth-order valence-corrected chi connectivity index (χ4v) is 2.55. The molecular weight excluding hydrogens is 346 g/mol. The van der Waals surface area contributed by atoms with E-state index in [1.54, 1.807) is 29.5 Å². The van der Waals surface area contributed by atoms with E-state index in [-0.39, 0.29) is 0 Å². The Morgan fingerprint density at radius 2 is 2.15 bits per heavy atom. The smallest absolute Gasteiger partial charge is 0.213 e. The molecule has 9 nitrogen and oxygen atoms in total. The highest BCUT2D eigenvalue weighted by Gasteiger charge is 2.11. The number of hydrogen-bond donors (Lipinski definition) is 1. The van der Waals surface area contributed by atoms with Crippen molar-refractivity contribution in [1.29, 1.82) is 0 Å². The summed E-state index contributed by atoms with van der Waals surface area (Å²) in [5, 5.41) is 8.11. The quantitative estimate of drug-likeness (QED) is 0.529. The van der Waals surface area contributed by atoms with Gasteiger partial charge in [0.15, 0.2) is 5.76 Å². The fraction of sp³-hybridized carbons (Fsp3) is 0.167. The number of rotatable bonds is 7. The Hall–Kier alpha value is -3.75. The van der Waals surface area contributed by atoms with Gasteiger partial charge in [0, 0.05) is 30.9 Å². The van der Waals surface area contributed by atoms with E-state index in [0.717, 1.165) is 16.8 Å². The van der Waals surface area contributed by atoms with E-state index < -0.39 is 0 Å². The van der Waals surface area contributed by atoms with Crippen molar-refractivity contribution >= 4 is 5.82 Å². The predicted octanol–water partition coefficient (Wildman–Crippen LogP) is 1.98. The molecule has 4 heterocycles. The Kier molecular flexibility index (Phi) is 4.73. The highest BCUT2D eigenvalue weighted by molar-refractivity contribution is 5.69. The zero-order chi connectivity index (χ0) is 18.5. The Bertz CT molecular complexity index is 997. The van der Waals surface area contributed by atoms with Crippen LogP contribution in [0.1, 0.15) is 11.3 Å². The van der Waals surface area contributed by atoms with Crippen LogP contribution >= 0.6 is 0 Å². The van der Waals surface area contributed by atoms with Crippen LogP contribution in [0.3, 0.4) is 0 Å². The van der Waals surface area contributed by atoms with E-state index in [4.69, 9.17) is 15.0 Å². The van der Waals surface area contributed by atoms with E-state index in [2.05, 4.69) is 25.2 Å². The van der Waals surface area contributed by atoms with Crippen molar-refractivity contribution in [2.75, 3.05) is 12.3 Å². The first-order valence-corrected chi connectivity index (χ1v) is 8.34. The average Bonchev–Trinajstić information content (AvgIpc) is 3.36. The Labute approximate surface area is 154 Å². The van der Waals surface area contributed by atoms with E-state index in [9.17, 15) is 0 Å². The van der Waals surface area contributed by atoms with Gasteiger partial charge in [0.1, 0.15) is 25.1 Å². The van der Waals surface area contributed by atoms with Crippen molar-refractivity contribution in [2.45, 2.75) is 13.0 Å². The normalized spacial score (nSPS) is 10.8. The molecule has 0 saturated heterocycles. The second-order valence-electron chi connectivity index (χ2n) is 5.81. The third-order valence-corrected chi connectivity index (χ3v) is 3.88. The Morgan fingerprint density at radius 1 is 1.19 bits per heavy atom. The van der Waals surface area contributed by atoms with Crippen LogP contribution < -0.4 is 10.5 Å². The SMILES string of the molecule is Nc1ncccc1-c1cc(Cc2ccc(OCCn3cncn3)nc2)no1. The highest BCUT2D eigenvalue weighted by Crippen LogP contribution is 2.25. The molecule has 4 aromatic heterocycles. The van der Waals surface area contributed by atoms with Gasteiger partial charge in [0.25, 0.3) is 0 Å². The molecule has 0 aliphatic rings. The van der Waals surface area contributed by atoms with Gasteiger partial charge >= 0.3 is 0 Å². The van der Waals surface area contributed by atoms with E-state index in [1.807, 2.05) is 24.3 Å². The van der Waals surface area contributed by atoms with Crippen LogP contribution in [-0.4, -0.2) is 36.5 Å². The van der Waals surface area contributed by atoms with Gasteiger partial charge in [-0.15, -0.1) is 0 Å². The molecule has 0 saturated carbocycles. The first kappa shape index (κ1) is 16.7. The molecule has 0 unspecified atom stereocenters.